The molecule has 0 aliphatic carbocycles. The highest BCUT2D eigenvalue weighted by atomic mass is 32.1. The van der Waals surface area contributed by atoms with Gasteiger partial charge < -0.3 is 5.32 Å². The number of aromatic nitrogens is 2. The van der Waals surface area contributed by atoms with Gasteiger partial charge in [-0.1, -0.05) is 60.7 Å². The monoisotopic (exact) mass is 407 g/mol. The van der Waals surface area contributed by atoms with Crippen molar-refractivity contribution in [1.29, 1.82) is 0 Å². The van der Waals surface area contributed by atoms with Crippen LogP contribution in [0.4, 0.5) is 11.5 Å². The fourth-order valence-corrected chi connectivity index (χ4v) is 4.75. The molecule has 0 atom stereocenters. The Kier molecular flexibility index (Phi) is 4.77. The van der Waals surface area contributed by atoms with E-state index in [0.717, 1.165) is 27.3 Å². The van der Waals surface area contributed by atoms with Crippen molar-refractivity contribution in [2.75, 3.05) is 5.32 Å². The van der Waals surface area contributed by atoms with E-state index < -0.39 is 0 Å². The van der Waals surface area contributed by atoms with Gasteiger partial charge in [0.2, 0.25) is 0 Å². The summed E-state index contributed by atoms with van der Waals surface area (Å²) in [6, 6.07) is 25.6. The summed E-state index contributed by atoms with van der Waals surface area (Å²) in [4.78, 5) is 10.1. The number of thiophene rings is 1. The standard InChI is InChI=1S/C26H21N3S/c1-17-12-18(2)14-22(13-17)29-25-24-23(15-30-26(24)28-16-27-25)21-10-8-20(9-11-21)19-6-4-3-5-7-19/h3-16H,1-2H3,(H,27,28,29). The molecule has 2 heterocycles. The maximum atomic E-state index is 4.57. The van der Waals surface area contributed by atoms with E-state index >= 15 is 0 Å². The number of rotatable bonds is 4. The zero-order valence-corrected chi connectivity index (χ0v) is 17.7. The summed E-state index contributed by atoms with van der Waals surface area (Å²) in [7, 11) is 0. The second kappa shape index (κ2) is 7.73. The number of benzene rings is 3. The van der Waals surface area contributed by atoms with E-state index in [1.54, 1.807) is 17.7 Å². The fourth-order valence-electron chi connectivity index (χ4n) is 3.84. The number of nitrogens with one attached hydrogen (secondary N) is 1. The zero-order valence-electron chi connectivity index (χ0n) is 16.9. The van der Waals surface area contributed by atoms with Crippen LogP contribution >= 0.6 is 11.3 Å². The van der Waals surface area contributed by atoms with E-state index in [9.17, 15) is 0 Å². The molecule has 30 heavy (non-hydrogen) atoms. The van der Waals surface area contributed by atoms with Gasteiger partial charge >= 0.3 is 0 Å². The van der Waals surface area contributed by atoms with Crippen LogP contribution in [0.2, 0.25) is 0 Å². The lowest BCUT2D eigenvalue weighted by Gasteiger charge is -2.10. The average Bonchev–Trinajstić information content (AvgIpc) is 3.19. The Morgan fingerprint density at radius 1 is 0.733 bits per heavy atom. The van der Waals surface area contributed by atoms with Gasteiger partial charge in [-0.25, -0.2) is 9.97 Å². The van der Waals surface area contributed by atoms with Gasteiger partial charge in [0.25, 0.3) is 0 Å². The highest BCUT2D eigenvalue weighted by Crippen LogP contribution is 2.38. The number of fused-ring (bicyclic) bond motifs is 1. The summed E-state index contributed by atoms with van der Waals surface area (Å²) in [6.07, 6.45) is 1.63. The van der Waals surface area contributed by atoms with Gasteiger partial charge in [0.05, 0.1) is 5.39 Å². The predicted octanol–water partition coefficient (Wildman–Crippen LogP) is 7.39. The first-order valence-electron chi connectivity index (χ1n) is 9.91. The summed E-state index contributed by atoms with van der Waals surface area (Å²) in [5.74, 6) is 0.841. The number of nitrogens with zero attached hydrogens (tertiary/aromatic N) is 2. The van der Waals surface area contributed by atoms with Gasteiger partial charge in [0.15, 0.2) is 0 Å². The van der Waals surface area contributed by atoms with Crippen molar-refractivity contribution in [2.45, 2.75) is 13.8 Å². The molecule has 0 bridgehead atoms. The van der Waals surface area contributed by atoms with E-state index in [-0.39, 0.29) is 0 Å². The number of hydrogen-bond donors (Lipinski definition) is 1. The van der Waals surface area contributed by atoms with Gasteiger partial charge in [0, 0.05) is 16.6 Å². The third-order valence-corrected chi connectivity index (χ3v) is 6.04. The minimum Gasteiger partial charge on any atom is -0.340 e. The van der Waals surface area contributed by atoms with Crippen molar-refractivity contribution >= 4 is 33.1 Å². The van der Waals surface area contributed by atoms with Crippen molar-refractivity contribution in [1.82, 2.24) is 9.97 Å². The van der Waals surface area contributed by atoms with Crippen LogP contribution < -0.4 is 5.32 Å². The molecule has 0 amide bonds. The number of aryl methyl sites for hydroxylation is 2. The summed E-state index contributed by atoms with van der Waals surface area (Å²) in [5.41, 5.74) is 8.25. The quantitative estimate of drug-likeness (QED) is 0.337. The fraction of sp³-hybridized carbons (Fsp3) is 0.0769. The number of hydrogen-bond acceptors (Lipinski definition) is 4. The average molecular weight is 408 g/mol. The molecular formula is C26H21N3S. The first-order valence-corrected chi connectivity index (χ1v) is 10.8. The molecule has 5 aromatic rings. The normalized spacial score (nSPS) is 11.0. The van der Waals surface area contributed by atoms with Gasteiger partial charge in [-0.3, -0.25) is 0 Å². The molecule has 146 valence electrons. The van der Waals surface area contributed by atoms with Crippen molar-refractivity contribution in [3.05, 3.63) is 95.6 Å². The molecule has 3 aromatic carbocycles. The lowest BCUT2D eigenvalue weighted by atomic mass is 10.0. The summed E-state index contributed by atoms with van der Waals surface area (Å²) in [5, 5.41) is 6.75. The largest absolute Gasteiger partial charge is 0.340 e. The Hall–Kier alpha value is -3.50. The van der Waals surface area contributed by atoms with Gasteiger partial charge in [-0.15, -0.1) is 11.3 Å². The van der Waals surface area contributed by atoms with Crippen molar-refractivity contribution in [2.24, 2.45) is 0 Å². The van der Waals surface area contributed by atoms with E-state index in [0.29, 0.717) is 0 Å². The van der Waals surface area contributed by atoms with Crippen LogP contribution in [0, 0.1) is 13.8 Å². The summed E-state index contributed by atoms with van der Waals surface area (Å²) >= 11 is 1.65. The smallest absolute Gasteiger partial charge is 0.143 e. The van der Waals surface area contributed by atoms with E-state index in [1.807, 2.05) is 6.07 Å². The van der Waals surface area contributed by atoms with Crippen LogP contribution in [-0.4, -0.2) is 9.97 Å². The first kappa shape index (κ1) is 18.5. The van der Waals surface area contributed by atoms with Crippen LogP contribution in [0.3, 0.4) is 0 Å². The molecule has 0 radical (unpaired) electrons. The molecule has 0 aliphatic rings. The molecular weight excluding hydrogens is 386 g/mol. The molecule has 4 heteroatoms. The SMILES string of the molecule is Cc1cc(C)cc(Nc2ncnc3scc(-c4ccc(-c5ccccc5)cc4)c23)c1. The molecule has 0 saturated carbocycles. The second-order valence-electron chi connectivity index (χ2n) is 7.50. The minimum atomic E-state index is 0.841. The van der Waals surface area contributed by atoms with Crippen molar-refractivity contribution in [3.8, 4) is 22.3 Å². The first-order chi connectivity index (χ1) is 14.7. The lowest BCUT2D eigenvalue weighted by Crippen LogP contribution is -1.96. The highest BCUT2D eigenvalue weighted by molar-refractivity contribution is 7.17. The Labute approximate surface area is 180 Å². The molecule has 2 aromatic heterocycles. The third-order valence-electron chi connectivity index (χ3n) is 5.16. The third kappa shape index (κ3) is 3.58. The van der Waals surface area contributed by atoms with Crippen LogP contribution in [0.15, 0.2) is 84.5 Å². The minimum absolute atomic E-state index is 0.841. The van der Waals surface area contributed by atoms with Gasteiger partial charge in [0.1, 0.15) is 17.0 Å². The van der Waals surface area contributed by atoms with E-state index in [2.05, 4.69) is 101 Å². The molecule has 0 fully saturated rings. The molecule has 5 rings (SSSR count). The predicted molar refractivity (Wildman–Crippen MR) is 127 cm³/mol. The molecule has 0 saturated heterocycles. The molecule has 0 aliphatic heterocycles. The molecule has 0 spiro atoms. The van der Waals surface area contributed by atoms with E-state index in [4.69, 9.17) is 0 Å². The lowest BCUT2D eigenvalue weighted by molar-refractivity contribution is 1.23. The van der Waals surface area contributed by atoms with E-state index in [1.165, 1.54) is 27.8 Å². The van der Waals surface area contributed by atoms with Crippen molar-refractivity contribution in [3.63, 3.8) is 0 Å². The van der Waals surface area contributed by atoms with Gasteiger partial charge in [-0.2, -0.15) is 0 Å². The highest BCUT2D eigenvalue weighted by Gasteiger charge is 2.14. The van der Waals surface area contributed by atoms with Gasteiger partial charge in [-0.05, 0) is 53.8 Å². The Bertz CT molecular complexity index is 1300. The zero-order chi connectivity index (χ0) is 20.5. The Morgan fingerprint density at radius 3 is 2.13 bits per heavy atom. The Morgan fingerprint density at radius 2 is 1.40 bits per heavy atom. The molecule has 0 unspecified atom stereocenters. The maximum absolute atomic E-state index is 4.57. The molecule has 1 N–H and O–H groups in total. The van der Waals surface area contributed by atoms with Crippen LogP contribution in [0.1, 0.15) is 11.1 Å². The maximum Gasteiger partial charge on any atom is 0.143 e. The van der Waals surface area contributed by atoms with Crippen LogP contribution in [0.5, 0.6) is 0 Å². The summed E-state index contributed by atoms with van der Waals surface area (Å²) in [6.45, 7) is 4.22. The topological polar surface area (TPSA) is 37.8 Å². The molecule has 3 nitrogen and oxygen atoms in total. The van der Waals surface area contributed by atoms with Crippen molar-refractivity contribution < 1.29 is 0 Å². The number of anilines is 2. The second-order valence-corrected chi connectivity index (χ2v) is 8.35. The van der Waals surface area contributed by atoms with Crippen LogP contribution in [0.25, 0.3) is 32.5 Å². The Balaban J connectivity index is 1.56. The summed E-state index contributed by atoms with van der Waals surface area (Å²) < 4.78 is 0. The van der Waals surface area contributed by atoms with Crippen LogP contribution in [-0.2, 0) is 0 Å².